The van der Waals surface area contributed by atoms with Crippen LogP contribution in [0.3, 0.4) is 0 Å². The predicted octanol–water partition coefficient (Wildman–Crippen LogP) is 3.82. The number of halogens is 1. The summed E-state index contributed by atoms with van der Waals surface area (Å²) in [6.45, 7) is 2.54. The van der Waals surface area contributed by atoms with Crippen LogP contribution in [0.1, 0.15) is 13.8 Å². The molecule has 100 valence electrons. The monoisotopic (exact) mass is 327 g/mol. The van der Waals surface area contributed by atoms with Gasteiger partial charge in [0.05, 0.1) is 4.92 Å². The third-order valence-electron chi connectivity index (χ3n) is 2.07. The fraction of sp³-hybridized carbons (Fsp3) is 0.182. The number of nitrogens with zero attached hydrogens (tertiary/aromatic N) is 3. The normalized spacial score (nSPS) is 12.4. The Kier molecular flexibility index (Phi) is 4.87. The first kappa shape index (κ1) is 15.0. The Labute approximate surface area is 116 Å². The minimum Gasteiger partial charge on any atom is -0.510 e. The zero-order chi connectivity index (χ0) is 14.6. The number of allylic oxidation sites excluding steroid dienone is 2. The van der Waals surface area contributed by atoms with Crippen LogP contribution in [0.25, 0.3) is 0 Å². The van der Waals surface area contributed by atoms with Crippen molar-refractivity contribution in [3.63, 3.8) is 0 Å². The number of non-ortho nitro benzene ring substituents is 1. The van der Waals surface area contributed by atoms with Gasteiger partial charge >= 0.3 is 0 Å². The molecule has 0 unspecified atom stereocenters. The van der Waals surface area contributed by atoms with E-state index in [9.17, 15) is 20.0 Å². The molecule has 1 aromatic carbocycles. The molecule has 0 fully saturated rings. The summed E-state index contributed by atoms with van der Waals surface area (Å²) in [5, 5.41) is 27.2. The summed E-state index contributed by atoms with van der Waals surface area (Å²) >= 11 is 3.16. The number of hydrogen-bond acceptors (Lipinski definition) is 6. The highest BCUT2D eigenvalue weighted by atomic mass is 79.9. The third-order valence-corrected chi connectivity index (χ3v) is 2.75. The third kappa shape index (κ3) is 3.95. The van der Waals surface area contributed by atoms with Crippen molar-refractivity contribution in [1.29, 1.82) is 0 Å². The van der Waals surface area contributed by atoms with Crippen LogP contribution in [-0.4, -0.2) is 15.8 Å². The molecule has 0 aliphatic carbocycles. The number of carbonyl (C=O) groups excluding carboxylic acids is 1. The van der Waals surface area contributed by atoms with E-state index >= 15 is 0 Å². The highest BCUT2D eigenvalue weighted by Crippen LogP contribution is 2.30. The van der Waals surface area contributed by atoms with Crippen LogP contribution in [0.4, 0.5) is 11.4 Å². The molecule has 0 saturated heterocycles. The molecule has 0 spiro atoms. The average Bonchev–Trinajstić information content (AvgIpc) is 2.30. The van der Waals surface area contributed by atoms with Gasteiger partial charge in [0.25, 0.3) is 5.69 Å². The maximum Gasteiger partial charge on any atom is 0.271 e. The first-order valence-electron chi connectivity index (χ1n) is 5.09. The lowest BCUT2D eigenvalue weighted by molar-refractivity contribution is -0.384. The number of aliphatic hydroxyl groups is 1. The number of carbonyl (C=O) groups is 1. The summed E-state index contributed by atoms with van der Waals surface area (Å²) in [4.78, 5) is 21.2. The summed E-state index contributed by atoms with van der Waals surface area (Å²) in [6, 6.07) is 3.97. The maximum atomic E-state index is 11.2. The van der Waals surface area contributed by atoms with Crippen molar-refractivity contribution in [2.45, 2.75) is 13.8 Å². The number of Topliss-reactive ketones (excluding diaryl/α,β-unsaturated/α-hetero) is 1. The zero-order valence-electron chi connectivity index (χ0n) is 10.1. The van der Waals surface area contributed by atoms with Gasteiger partial charge in [-0.15, -0.1) is 10.2 Å². The van der Waals surface area contributed by atoms with E-state index in [1.165, 1.54) is 32.0 Å². The molecule has 0 amide bonds. The van der Waals surface area contributed by atoms with Gasteiger partial charge in [-0.25, -0.2) is 0 Å². The van der Waals surface area contributed by atoms with Gasteiger partial charge in [-0.05, 0) is 28.9 Å². The molecular weight excluding hydrogens is 318 g/mol. The molecule has 0 heterocycles. The van der Waals surface area contributed by atoms with Gasteiger partial charge in [0.2, 0.25) is 0 Å². The van der Waals surface area contributed by atoms with E-state index in [0.29, 0.717) is 4.47 Å². The van der Waals surface area contributed by atoms with Crippen molar-refractivity contribution in [3.8, 4) is 0 Å². The molecule has 1 N–H and O–H groups in total. The van der Waals surface area contributed by atoms with Gasteiger partial charge in [-0.1, -0.05) is 0 Å². The molecule has 0 bridgehead atoms. The topological polar surface area (TPSA) is 105 Å². The molecule has 8 heteroatoms. The van der Waals surface area contributed by atoms with Crippen LogP contribution < -0.4 is 0 Å². The molecule has 7 nitrogen and oxygen atoms in total. The Morgan fingerprint density at radius 3 is 2.53 bits per heavy atom. The summed E-state index contributed by atoms with van der Waals surface area (Å²) in [6.07, 6.45) is 0. The van der Waals surface area contributed by atoms with Crippen LogP contribution in [0, 0.1) is 10.1 Å². The van der Waals surface area contributed by atoms with Gasteiger partial charge in [-0.3, -0.25) is 14.9 Å². The number of nitro groups is 1. The van der Waals surface area contributed by atoms with Gasteiger partial charge in [0, 0.05) is 23.5 Å². The SMILES string of the molecule is CC(=O)/C(N=Nc1cc([N+](=O)[O-])ccc1Br)=C(\C)O. The summed E-state index contributed by atoms with van der Waals surface area (Å²) in [7, 11) is 0. The molecule has 0 radical (unpaired) electrons. The predicted molar refractivity (Wildman–Crippen MR) is 71.3 cm³/mol. The Morgan fingerprint density at radius 1 is 1.42 bits per heavy atom. The fourth-order valence-corrected chi connectivity index (χ4v) is 1.52. The van der Waals surface area contributed by atoms with E-state index in [-0.39, 0.29) is 22.8 Å². The van der Waals surface area contributed by atoms with E-state index in [0.717, 1.165) is 0 Å². The van der Waals surface area contributed by atoms with Crippen LogP contribution in [0.5, 0.6) is 0 Å². The van der Waals surface area contributed by atoms with Crippen molar-refractivity contribution in [1.82, 2.24) is 0 Å². The average molecular weight is 328 g/mol. The lowest BCUT2D eigenvalue weighted by Crippen LogP contribution is -1.96. The summed E-state index contributed by atoms with van der Waals surface area (Å²) < 4.78 is 0.486. The van der Waals surface area contributed by atoms with Crippen LogP contribution in [-0.2, 0) is 4.79 Å². The molecule has 0 atom stereocenters. The Morgan fingerprint density at radius 2 is 2.05 bits per heavy atom. The molecule has 0 aromatic heterocycles. The Balaban J connectivity index is 3.18. The zero-order valence-corrected chi connectivity index (χ0v) is 11.7. The summed E-state index contributed by atoms with van der Waals surface area (Å²) in [5.41, 5.74) is -0.154. The van der Waals surface area contributed by atoms with Crippen molar-refractivity contribution >= 4 is 33.1 Å². The molecule has 1 aromatic rings. The largest absolute Gasteiger partial charge is 0.510 e. The van der Waals surface area contributed by atoms with Crippen LogP contribution >= 0.6 is 15.9 Å². The van der Waals surface area contributed by atoms with Crippen LogP contribution in [0.15, 0.2) is 44.4 Å². The van der Waals surface area contributed by atoms with Crippen LogP contribution in [0.2, 0.25) is 0 Å². The molecule has 0 saturated carbocycles. The highest BCUT2D eigenvalue weighted by molar-refractivity contribution is 9.10. The van der Waals surface area contributed by atoms with Crippen molar-refractivity contribution in [3.05, 3.63) is 44.2 Å². The number of azo groups is 1. The van der Waals surface area contributed by atoms with Crippen molar-refractivity contribution in [2.75, 3.05) is 0 Å². The van der Waals surface area contributed by atoms with E-state index < -0.39 is 10.7 Å². The van der Waals surface area contributed by atoms with Crippen molar-refractivity contribution < 1.29 is 14.8 Å². The Hall–Kier alpha value is -2.09. The van der Waals surface area contributed by atoms with Gasteiger partial charge in [0.15, 0.2) is 11.5 Å². The second kappa shape index (κ2) is 6.19. The number of rotatable bonds is 4. The molecule has 19 heavy (non-hydrogen) atoms. The van der Waals surface area contributed by atoms with E-state index in [1.54, 1.807) is 0 Å². The first-order valence-corrected chi connectivity index (χ1v) is 5.88. The minimum atomic E-state index is -0.565. The van der Waals surface area contributed by atoms with Gasteiger partial charge < -0.3 is 5.11 Å². The second-order valence-electron chi connectivity index (χ2n) is 3.58. The smallest absolute Gasteiger partial charge is 0.271 e. The van der Waals surface area contributed by atoms with Gasteiger partial charge in [0.1, 0.15) is 11.4 Å². The second-order valence-corrected chi connectivity index (χ2v) is 4.44. The van der Waals surface area contributed by atoms with Gasteiger partial charge in [-0.2, -0.15) is 0 Å². The highest BCUT2D eigenvalue weighted by Gasteiger charge is 2.11. The fourth-order valence-electron chi connectivity index (χ4n) is 1.19. The molecule has 0 aliphatic rings. The molecule has 1 rings (SSSR count). The van der Waals surface area contributed by atoms with E-state index in [4.69, 9.17) is 0 Å². The number of aliphatic hydroxyl groups excluding tert-OH is 1. The molecule has 0 aliphatic heterocycles. The standard InChI is InChI=1S/C11H10BrN3O4/c1-6(16)11(7(2)17)14-13-10-5-8(15(18)19)3-4-9(10)12/h3-5,16H,1-2H3/b11-6-,14-13?. The number of ketones is 1. The lowest BCUT2D eigenvalue weighted by Gasteiger charge is -1.99. The van der Waals surface area contributed by atoms with E-state index in [2.05, 4.69) is 26.2 Å². The van der Waals surface area contributed by atoms with Crippen molar-refractivity contribution in [2.24, 2.45) is 10.2 Å². The number of nitro benzene ring substituents is 1. The lowest BCUT2D eigenvalue weighted by atomic mass is 10.3. The first-order chi connectivity index (χ1) is 8.82. The summed E-state index contributed by atoms with van der Waals surface area (Å²) in [5.74, 6) is -0.719. The van der Waals surface area contributed by atoms with E-state index in [1.807, 2.05) is 0 Å². The number of hydrogen-bond donors (Lipinski definition) is 1. The Bertz CT molecular complexity index is 592. The molecular formula is C11H10BrN3O4. The minimum absolute atomic E-state index is 0.147. The number of benzene rings is 1. The quantitative estimate of drug-likeness (QED) is 0.298. The maximum absolute atomic E-state index is 11.2.